The molecular formula is C21H17ClF3N3O2S. The number of halogens is 4. The molecule has 5 nitrogen and oxygen atoms in total. The second-order valence-corrected chi connectivity index (χ2v) is 7.75. The number of nitrogens with zero attached hydrogens (tertiary/aromatic N) is 2. The summed E-state index contributed by atoms with van der Waals surface area (Å²) in [7, 11) is 1.49. The molecule has 1 heterocycles. The van der Waals surface area contributed by atoms with Crippen molar-refractivity contribution in [2.24, 2.45) is 0 Å². The molecule has 3 aromatic rings. The molecule has 31 heavy (non-hydrogen) atoms. The molecule has 1 N–H and O–H groups in total. The molecule has 0 saturated carbocycles. The average molecular weight is 468 g/mol. The molecule has 0 fully saturated rings. The Morgan fingerprint density at radius 2 is 1.87 bits per heavy atom. The Hall–Kier alpha value is -2.78. The van der Waals surface area contributed by atoms with Gasteiger partial charge in [-0.3, -0.25) is 4.79 Å². The molecule has 2 aromatic carbocycles. The number of carbonyl (C=O) groups is 1. The first-order valence-electron chi connectivity index (χ1n) is 8.96. The standard InChI is InChI=1S/C21H17ClF3N3O2S/c1-12-15(22)4-3-5-16(12)26-19(29)11-31-20-27-17(10-18(28-20)21(23,24)25)13-6-8-14(30-2)9-7-13/h3-10H,11H2,1-2H3,(H,26,29). The quantitative estimate of drug-likeness (QED) is 0.363. The van der Waals surface area contributed by atoms with Crippen LogP contribution < -0.4 is 10.1 Å². The second-order valence-electron chi connectivity index (χ2n) is 6.40. The van der Waals surface area contributed by atoms with Gasteiger partial charge >= 0.3 is 6.18 Å². The molecule has 0 aliphatic carbocycles. The number of hydrogen-bond donors (Lipinski definition) is 1. The smallest absolute Gasteiger partial charge is 0.433 e. The van der Waals surface area contributed by atoms with Crippen molar-refractivity contribution < 1.29 is 22.7 Å². The summed E-state index contributed by atoms with van der Waals surface area (Å²) in [5.41, 5.74) is 0.705. The van der Waals surface area contributed by atoms with Gasteiger partial charge in [-0.25, -0.2) is 9.97 Å². The summed E-state index contributed by atoms with van der Waals surface area (Å²) in [5.74, 6) is -0.0196. The van der Waals surface area contributed by atoms with E-state index in [1.807, 2.05) is 0 Å². The summed E-state index contributed by atoms with van der Waals surface area (Å²) in [4.78, 5) is 20.1. The minimum Gasteiger partial charge on any atom is -0.497 e. The predicted molar refractivity (Wildman–Crippen MR) is 115 cm³/mol. The first-order valence-corrected chi connectivity index (χ1v) is 10.3. The summed E-state index contributed by atoms with van der Waals surface area (Å²) >= 11 is 6.85. The molecule has 0 aliphatic heterocycles. The predicted octanol–water partition coefficient (Wildman–Crippen LogP) is 5.86. The largest absolute Gasteiger partial charge is 0.497 e. The Bertz CT molecular complexity index is 1090. The van der Waals surface area contributed by atoms with E-state index < -0.39 is 17.8 Å². The van der Waals surface area contributed by atoms with Crippen LogP contribution in [-0.2, 0) is 11.0 Å². The van der Waals surface area contributed by atoms with E-state index in [1.165, 1.54) is 7.11 Å². The van der Waals surface area contributed by atoms with Crippen LogP contribution in [0.4, 0.5) is 18.9 Å². The minimum absolute atomic E-state index is 0.0959. The number of benzene rings is 2. The number of nitrogens with one attached hydrogen (secondary N) is 1. The highest BCUT2D eigenvalue weighted by Gasteiger charge is 2.34. The Labute approximate surface area is 186 Å². The lowest BCUT2D eigenvalue weighted by Crippen LogP contribution is -2.16. The fraction of sp³-hybridized carbons (Fsp3) is 0.190. The normalized spacial score (nSPS) is 11.3. The van der Waals surface area contributed by atoms with Crippen molar-refractivity contribution in [3.63, 3.8) is 0 Å². The Kier molecular flexibility index (Phi) is 7.07. The van der Waals surface area contributed by atoms with Gasteiger partial charge < -0.3 is 10.1 Å². The van der Waals surface area contributed by atoms with Gasteiger partial charge in [-0.1, -0.05) is 29.4 Å². The summed E-state index contributed by atoms with van der Waals surface area (Å²) in [6, 6.07) is 12.4. The molecule has 0 unspecified atom stereocenters. The van der Waals surface area contributed by atoms with Gasteiger partial charge in [-0.2, -0.15) is 13.2 Å². The first-order chi connectivity index (χ1) is 14.7. The van der Waals surface area contributed by atoms with Gasteiger partial charge in [0.25, 0.3) is 0 Å². The lowest BCUT2D eigenvalue weighted by Gasteiger charge is -2.11. The fourth-order valence-corrected chi connectivity index (χ4v) is 3.44. The van der Waals surface area contributed by atoms with Crippen molar-refractivity contribution in [3.05, 3.63) is 64.8 Å². The highest BCUT2D eigenvalue weighted by atomic mass is 35.5. The molecule has 1 amide bonds. The van der Waals surface area contributed by atoms with Crippen molar-refractivity contribution >= 4 is 35.0 Å². The topological polar surface area (TPSA) is 64.1 Å². The molecule has 3 rings (SSSR count). The van der Waals surface area contributed by atoms with E-state index in [4.69, 9.17) is 16.3 Å². The number of hydrogen-bond acceptors (Lipinski definition) is 5. The van der Waals surface area contributed by atoms with Crippen LogP contribution in [0.3, 0.4) is 0 Å². The highest BCUT2D eigenvalue weighted by molar-refractivity contribution is 7.99. The van der Waals surface area contributed by atoms with Gasteiger partial charge in [0.15, 0.2) is 5.16 Å². The van der Waals surface area contributed by atoms with Crippen LogP contribution >= 0.6 is 23.4 Å². The van der Waals surface area contributed by atoms with Crippen LogP contribution in [0.1, 0.15) is 11.3 Å². The molecule has 162 valence electrons. The lowest BCUT2D eigenvalue weighted by molar-refractivity contribution is -0.141. The number of alkyl halides is 3. The Balaban J connectivity index is 1.81. The van der Waals surface area contributed by atoms with Crippen molar-refractivity contribution in [1.29, 1.82) is 0 Å². The van der Waals surface area contributed by atoms with Gasteiger partial charge in [0.2, 0.25) is 5.91 Å². The maximum absolute atomic E-state index is 13.3. The Morgan fingerprint density at radius 1 is 1.16 bits per heavy atom. The minimum atomic E-state index is -4.65. The SMILES string of the molecule is COc1ccc(-c2cc(C(F)(F)F)nc(SCC(=O)Nc3cccc(Cl)c3C)n2)cc1. The van der Waals surface area contributed by atoms with Crippen molar-refractivity contribution in [3.8, 4) is 17.0 Å². The number of anilines is 1. The maximum atomic E-state index is 13.3. The molecule has 0 bridgehead atoms. The maximum Gasteiger partial charge on any atom is 0.433 e. The van der Waals surface area contributed by atoms with Crippen LogP contribution in [0.5, 0.6) is 5.75 Å². The van der Waals surface area contributed by atoms with Crippen LogP contribution in [0.25, 0.3) is 11.3 Å². The molecule has 0 saturated heterocycles. The van der Waals surface area contributed by atoms with Crippen LogP contribution in [0.15, 0.2) is 53.7 Å². The molecule has 0 atom stereocenters. The third-order valence-corrected chi connectivity index (χ3v) is 5.51. The van der Waals surface area contributed by atoms with E-state index in [1.54, 1.807) is 49.4 Å². The van der Waals surface area contributed by atoms with Crippen LogP contribution in [0, 0.1) is 6.92 Å². The van der Waals surface area contributed by atoms with Gasteiger partial charge in [-0.15, -0.1) is 0 Å². The molecule has 0 spiro atoms. The van der Waals surface area contributed by atoms with Crippen molar-refractivity contribution in [1.82, 2.24) is 9.97 Å². The van der Waals surface area contributed by atoms with Gasteiger partial charge in [0, 0.05) is 16.3 Å². The van der Waals surface area contributed by atoms with Gasteiger partial charge in [-0.05, 0) is 55.0 Å². The lowest BCUT2D eigenvalue weighted by atomic mass is 10.1. The van der Waals surface area contributed by atoms with Crippen molar-refractivity contribution in [2.75, 3.05) is 18.2 Å². The molecule has 10 heteroatoms. The average Bonchev–Trinajstić information content (AvgIpc) is 2.75. The Morgan fingerprint density at radius 3 is 2.52 bits per heavy atom. The fourth-order valence-electron chi connectivity index (χ4n) is 2.60. The number of aromatic nitrogens is 2. The molecule has 0 radical (unpaired) electrons. The third kappa shape index (κ3) is 5.89. The third-order valence-electron chi connectivity index (χ3n) is 4.26. The van der Waals surface area contributed by atoms with E-state index in [9.17, 15) is 18.0 Å². The summed E-state index contributed by atoms with van der Waals surface area (Å²) in [6.07, 6.45) is -4.65. The van der Waals surface area contributed by atoms with Gasteiger partial charge in [0.1, 0.15) is 11.4 Å². The number of carbonyl (C=O) groups excluding carboxylic acids is 1. The van der Waals surface area contributed by atoms with E-state index >= 15 is 0 Å². The molecule has 1 aromatic heterocycles. The van der Waals surface area contributed by atoms with E-state index in [2.05, 4.69) is 15.3 Å². The number of thioether (sulfide) groups is 1. The molecule has 0 aliphatic rings. The second kappa shape index (κ2) is 9.57. The van der Waals surface area contributed by atoms with Crippen LogP contribution in [-0.4, -0.2) is 28.7 Å². The number of amides is 1. The van der Waals surface area contributed by atoms with E-state index in [0.29, 0.717) is 27.6 Å². The van der Waals surface area contributed by atoms with Crippen LogP contribution in [0.2, 0.25) is 5.02 Å². The molecular weight excluding hydrogens is 451 g/mol. The van der Waals surface area contributed by atoms with Crippen molar-refractivity contribution in [2.45, 2.75) is 18.3 Å². The first kappa shape index (κ1) is 22.9. The zero-order valence-electron chi connectivity index (χ0n) is 16.5. The summed E-state index contributed by atoms with van der Waals surface area (Å²) in [5, 5.41) is 3.03. The number of rotatable bonds is 6. The van der Waals surface area contributed by atoms with E-state index in [0.717, 1.165) is 17.8 Å². The monoisotopic (exact) mass is 467 g/mol. The number of ether oxygens (including phenoxy) is 1. The summed E-state index contributed by atoms with van der Waals surface area (Å²) < 4.78 is 45.1. The zero-order valence-corrected chi connectivity index (χ0v) is 18.0. The number of methoxy groups -OCH3 is 1. The van der Waals surface area contributed by atoms with E-state index in [-0.39, 0.29) is 16.6 Å². The van der Waals surface area contributed by atoms with Gasteiger partial charge in [0.05, 0.1) is 18.6 Å². The highest BCUT2D eigenvalue weighted by Crippen LogP contribution is 2.32. The summed E-state index contributed by atoms with van der Waals surface area (Å²) in [6.45, 7) is 1.75. The zero-order chi connectivity index (χ0) is 22.6.